The molecule has 29 heavy (non-hydrogen) atoms. The maximum atomic E-state index is 12.8. The first-order valence-corrected chi connectivity index (χ1v) is 10.3. The number of amides is 1. The summed E-state index contributed by atoms with van der Waals surface area (Å²) in [6.45, 7) is 1.54. The molecule has 0 bridgehead atoms. The molecule has 6 N–H and O–H groups in total. The lowest BCUT2D eigenvalue weighted by atomic mass is 10.1. The Bertz CT molecular complexity index is 882. The van der Waals surface area contributed by atoms with Gasteiger partial charge in [0.25, 0.3) is 5.91 Å². The third-order valence-electron chi connectivity index (χ3n) is 4.81. The summed E-state index contributed by atoms with van der Waals surface area (Å²) in [5.74, 6) is 0.198. The minimum atomic E-state index is -0.666. The number of nitrogen functional groups attached to an aromatic ring is 1. The summed E-state index contributed by atoms with van der Waals surface area (Å²) in [5, 5.41) is 11.5. The van der Waals surface area contributed by atoms with Crippen molar-refractivity contribution in [1.82, 2.24) is 20.2 Å². The number of rotatable bonds is 5. The van der Waals surface area contributed by atoms with Crippen LogP contribution in [0.4, 0.5) is 5.00 Å². The first-order valence-electron chi connectivity index (χ1n) is 9.49. The van der Waals surface area contributed by atoms with E-state index < -0.39 is 11.9 Å². The smallest absolute Gasteiger partial charge is 0.273 e. The Morgan fingerprint density at radius 2 is 2.28 bits per heavy atom. The number of aliphatic imine (C=N–C) groups is 1. The van der Waals surface area contributed by atoms with Crippen LogP contribution in [0.1, 0.15) is 29.8 Å². The lowest BCUT2D eigenvalue weighted by Crippen LogP contribution is -2.50. The van der Waals surface area contributed by atoms with Crippen molar-refractivity contribution in [3.63, 3.8) is 0 Å². The van der Waals surface area contributed by atoms with Crippen molar-refractivity contribution in [2.24, 2.45) is 10.7 Å². The lowest BCUT2D eigenvalue weighted by molar-refractivity contribution is 0.0949. The van der Waals surface area contributed by atoms with Crippen molar-refractivity contribution in [2.75, 3.05) is 25.9 Å². The highest BCUT2D eigenvalue weighted by Crippen LogP contribution is 2.28. The van der Waals surface area contributed by atoms with E-state index in [4.69, 9.17) is 16.9 Å². The number of likely N-dealkylation sites (tertiary alicyclic amines) is 1. The third-order valence-corrected chi connectivity index (χ3v) is 5.72. The van der Waals surface area contributed by atoms with Crippen molar-refractivity contribution >= 4 is 34.3 Å². The van der Waals surface area contributed by atoms with E-state index in [-0.39, 0.29) is 11.7 Å². The largest absolute Gasteiger partial charge is 0.389 e. The van der Waals surface area contributed by atoms with Crippen LogP contribution in [0.15, 0.2) is 29.4 Å². The van der Waals surface area contributed by atoms with E-state index in [1.807, 2.05) is 18.2 Å². The first kappa shape index (κ1) is 20.9. The number of hydrogen-bond donors (Lipinski definition) is 4. The van der Waals surface area contributed by atoms with E-state index >= 15 is 0 Å². The number of pyridine rings is 1. The van der Waals surface area contributed by atoms with Crippen LogP contribution in [-0.4, -0.2) is 65.0 Å². The molecule has 2 unspecified atom stereocenters. The van der Waals surface area contributed by atoms with Gasteiger partial charge in [-0.15, -0.1) is 0 Å². The van der Waals surface area contributed by atoms with Crippen LogP contribution in [0, 0.1) is 5.41 Å². The number of nitrogens with zero attached hydrogens (tertiary/aromatic N) is 4. The topological polar surface area (TPSA) is 146 Å². The Hall–Kier alpha value is -2.85. The van der Waals surface area contributed by atoms with Crippen molar-refractivity contribution < 1.29 is 4.79 Å². The summed E-state index contributed by atoms with van der Waals surface area (Å²) in [5.41, 5.74) is 12.9. The average molecular weight is 415 g/mol. The van der Waals surface area contributed by atoms with Crippen LogP contribution in [-0.2, 0) is 0 Å². The summed E-state index contributed by atoms with van der Waals surface area (Å²) < 4.78 is 0. The maximum Gasteiger partial charge on any atom is 0.273 e. The highest BCUT2D eigenvalue weighted by atomic mass is 32.1. The van der Waals surface area contributed by atoms with Crippen molar-refractivity contribution in [1.29, 1.82) is 5.41 Å². The molecule has 2 atom stereocenters. The molecule has 3 heterocycles. The standard InChI is InChI=1S/C19H26N8OS/c1-23-17(27-9-4-5-12(21)7-10-27)14(11-20)25-18(28)15-16(22)29-19(26-15)13-6-2-3-8-24-13/h2-3,6,8,11-12,14,20H,4-5,7,9-10,21-22H2,1H3,(H,25,28). The number of thiazole rings is 1. The van der Waals surface area contributed by atoms with Crippen LogP contribution in [0.25, 0.3) is 10.7 Å². The zero-order valence-electron chi connectivity index (χ0n) is 16.3. The molecule has 1 saturated heterocycles. The molecule has 0 radical (unpaired) electrons. The van der Waals surface area contributed by atoms with Crippen LogP contribution in [0.3, 0.4) is 0 Å². The molecule has 3 rings (SSSR count). The highest BCUT2D eigenvalue weighted by Gasteiger charge is 2.26. The number of aromatic nitrogens is 2. The summed E-state index contributed by atoms with van der Waals surface area (Å²) in [6, 6.07) is 4.98. The molecule has 10 heteroatoms. The Balaban J connectivity index is 1.76. The number of carbonyl (C=O) groups excluding carboxylic acids is 1. The maximum absolute atomic E-state index is 12.8. The summed E-state index contributed by atoms with van der Waals surface area (Å²) in [4.78, 5) is 27.9. The molecular formula is C19H26N8OS. The zero-order chi connectivity index (χ0) is 20.8. The molecule has 2 aromatic rings. The molecule has 0 aliphatic carbocycles. The van der Waals surface area contributed by atoms with Crippen LogP contribution in [0.5, 0.6) is 0 Å². The Labute approximate surface area is 173 Å². The second-order valence-corrected chi connectivity index (χ2v) is 7.86. The van der Waals surface area contributed by atoms with Crippen LogP contribution >= 0.6 is 11.3 Å². The monoisotopic (exact) mass is 414 g/mol. The van der Waals surface area contributed by atoms with Gasteiger partial charge in [-0.3, -0.25) is 14.8 Å². The molecule has 9 nitrogen and oxygen atoms in total. The zero-order valence-corrected chi connectivity index (χ0v) is 17.2. The van der Waals surface area contributed by atoms with Gasteiger partial charge >= 0.3 is 0 Å². The van der Waals surface area contributed by atoms with Gasteiger partial charge in [-0.05, 0) is 31.4 Å². The molecule has 1 aliphatic heterocycles. The molecule has 0 saturated carbocycles. The lowest BCUT2D eigenvalue weighted by Gasteiger charge is -2.28. The van der Waals surface area contributed by atoms with Crippen LogP contribution < -0.4 is 16.8 Å². The number of amidine groups is 1. The van der Waals surface area contributed by atoms with Gasteiger partial charge < -0.3 is 27.1 Å². The number of hydrogen-bond acceptors (Lipinski definition) is 8. The molecule has 154 valence electrons. The van der Waals surface area contributed by atoms with Gasteiger partial charge in [-0.25, -0.2) is 4.98 Å². The predicted molar refractivity (Wildman–Crippen MR) is 117 cm³/mol. The van der Waals surface area contributed by atoms with Gasteiger partial charge in [-0.2, -0.15) is 0 Å². The van der Waals surface area contributed by atoms with Crippen LogP contribution in [0.2, 0.25) is 0 Å². The predicted octanol–water partition coefficient (Wildman–Crippen LogP) is 1.38. The molecule has 1 fully saturated rings. The highest BCUT2D eigenvalue weighted by molar-refractivity contribution is 7.19. The molecule has 1 aliphatic rings. The van der Waals surface area contributed by atoms with E-state index in [1.165, 1.54) is 17.6 Å². The third kappa shape index (κ3) is 4.96. The Morgan fingerprint density at radius 3 is 2.97 bits per heavy atom. The molecule has 1 amide bonds. The van der Waals surface area contributed by atoms with Gasteiger partial charge in [0.2, 0.25) is 0 Å². The second kappa shape index (κ2) is 9.57. The van der Waals surface area contributed by atoms with E-state index in [0.717, 1.165) is 32.4 Å². The minimum Gasteiger partial charge on any atom is -0.389 e. The van der Waals surface area contributed by atoms with E-state index in [9.17, 15) is 4.79 Å². The quantitative estimate of drug-likeness (QED) is 0.429. The van der Waals surface area contributed by atoms with Crippen molar-refractivity contribution in [3.05, 3.63) is 30.1 Å². The van der Waals surface area contributed by atoms with E-state index in [2.05, 4.69) is 25.2 Å². The molecule has 0 aromatic carbocycles. The fraction of sp³-hybridized carbons (Fsp3) is 0.421. The van der Waals surface area contributed by atoms with E-state index in [0.29, 0.717) is 21.5 Å². The molecule has 0 spiro atoms. The second-order valence-electron chi connectivity index (χ2n) is 6.82. The number of nitrogens with two attached hydrogens (primary N) is 2. The summed E-state index contributed by atoms with van der Waals surface area (Å²) in [7, 11) is 1.67. The minimum absolute atomic E-state index is 0.135. The average Bonchev–Trinajstić information content (AvgIpc) is 3.00. The summed E-state index contributed by atoms with van der Waals surface area (Å²) >= 11 is 1.21. The van der Waals surface area contributed by atoms with Gasteiger partial charge in [0.05, 0.1) is 5.69 Å². The molecule has 2 aromatic heterocycles. The Morgan fingerprint density at radius 1 is 1.45 bits per heavy atom. The van der Waals surface area contributed by atoms with Gasteiger partial charge in [0.1, 0.15) is 21.9 Å². The first-order chi connectivity index (χ1) is 14.0. The summed E-state index contributed by atoms with van der Waals surface area (Å²) in [6.07, 6.45) is 5.60. The van der Waals surface area contributed by atoms with Gasteiger partial charge in [0, 0.05) is 38.6 Å². The van der Waals surface area contributed by atoms with E-state index in [1.54, 1.807) is 13.2 Å². The Kier molecular flexibility index (Phi) is 6.89. The SMILES string of the molecule is CN=C(C(C=N)NC(=O)c1nc(-c2ccccn2)sc1N)N1CCCC(N)CC1. The van der Waals surface area contributed by atoms with Crippen molar-refractivity contribution in [2.45, 2.75) is 31.3 Å². The molecular weight excluding hydrogens is 388 g/mol. The van der Waals surface area contributed by atoms with Gasteiger partial charge in [0.15, 0.2) is 5.69 Å². The fourth-order valence-corrected chi connectivity index (χ4v) is 4.12. The van der Waals surface area contributed by atoms with Crippen molar-refractivity contribution in [3.8, 4) is 10.7 Å². The number of nitrogens with one attached hydrogen (secondary N) is 2. The van der Waals surface area contributed by atoms with Gasteiger partial charge in [-0.1, -0.05) is 17.4 Å². The number of carbonyl (C=O) groups is 1. The fourth-order valence-electron chi connectivity index (χ4n) is 3.31. The number of anilines is 1. The normalized spacial score (nSPS) is 18.8.